The molecule has 0 radical (unpaired) electrons. The molecule has 1 aromatic heterocycles. The Balaban J connectivity index is 1.98. The van der Waals surface area contributed by atoms with Crippen LogP contribution in [0.2, 0.25) is 0 Å². The van der Waals surface area contributed by atoms with E-state index in [1.807, 2.05) is 24.3 Å². The van der Waals surface area contributed by atoms with E-state index < -0.39 is 0 Å². The summed E-state index contributed by atoms with van der Waals surface area (Å²) in [6.07, 6.45) is 0.930. The Hall–Kier alpha value is -1.48. The van der Waals surface area contributed by atoms with E-state index in [0.717, 1.165) is 16.3 Å². The molecule has 0 amide bonds. The van der Waals surface area contributed by atoms with Gasteiger partial charge >= 0.3 is 0 Å². The first kappa shape index (κ1) is 14.9. The van der Waals surface area contributed by atoms with E-state index in [0.29, 0.717) is 12.8 Å². The molecule has 0 bridgehead atoms. The van der Waals surface area contributed by atoms with E-state index in [4.69, 9.17) is 0 Å². The molecule has 0 fully saturated rings. The van der Waals surface area contributed by atoms with Gasteiger partial charge in [0.25, 0.3) is 0 Å². The Morgan fingerprint density at radius 2 is 1.80 bits per heavy atom. The van der Waals surface area contributed by atoms with Gasteiger partial charge in [0.2, 0.25) is 0 Å². The van der Waals surface area contributed by atoms with Crippen LogP contribution in [0.3, 0.4) is 0 Å². The largest absolute Gasteiger partial charge is 0.299 e. The van der Waals surface area contributed by atoms with Gasteiger partial charge < -0.3 is 0 Å². The normalized spacial score (nSPS) is 11.6. The van der Waals surface area contributed by atoms with Gasteiger partial charge in [-0.25, -0.2) is 4.98 Å². The van der Waals surface area contributed by atoms with Crippen molar-refractivity contribution in [3.05, 3.63) is 51.5 Å². The first-order valence-electron chi connectivity index (χ1n) is 6.87. The molecule has 20 heavy (non-hydrogen) atoms. The first-order chi connectivity index (χ1) is 9.34. The van der Waals surface area contributed by atoms with Crippen LogP contribution >= 0.6 is 11.3 Å². The van der Waals surface area contributed by atoms with Crippen LogP contribution in [0.1, 0.15) is 42.6 Å². The average molecular weight is 287 g/mol. The Morgan fingerprint density at radius 1 is 1.15 bits per heavy atom. The molecule has 106 valence electrons. The standard InChI is InChI=1S/C17H21NOS/c1-12-5-7-13(8-6-12)9-14(19)10-16-18-15(11-20-16)17(2,3)4/h5-8,11H,9-10H2,1-4H3. The SMILES string of the molecule is Cc1ccc(CC(=O)Cc2nc(C(C)(C)C)cs2)cc1. The summed E-state index contributed by atoms with van der Waals surface area (Å²) in [5.74, 6) is 0.226. The third kappa shape index (κ3) is 4.01. The number of hydrogen-bond acceptors (Lipinski definition) is 3. The van der Waals surface area contributed by atoms with Gasteiger partial charge in [0.05, 0.1) is 12.1 Å². The molecular weight excluding hydrogens is 266 g/mol. The van der Waals surface area contributed by atoms with Crippen molar-refractivity contribution < 1.29 is 4.79 Å². The summed E-state index contributed by atoms with van der Waals surface area (Å²) in [5.41, 5.74) is 3.42. The quantitative estimate of drug-likeness (QED) is 0.847. The fourth-order valence-electron chi connectivity index (χ4n) is 1.90. The van der Waals surface area contributed by atoms with Gasteiger partial charge in [0.15, 0.2) is 0 Å². The number of Topliss-reactive ketones (excluding diaryl/α,β-unsaturated/α-hetero) is 1. The van der Waals surface area contributed by atoms with Crippen molar-refractivity contribution in [3.63, 3.8) is 0 Å². The van der Waals surface area contributed by atoms with E-state index >= 15 is 0 Å². The lowest BCUT2D eigenvalue weighted by molar-refractivity contribution is -0.117. The average Bonchev–Trinajstić information content (AvgIpc) is 2.80. The number of aromatic nitrogens is 1. The minimum absolute atomic E-state index is 0.0504. The summed E-state index contributed by atoms with van der Waals surface area (Å²) in [6.45, 7) is 8.47. The lowest BCUT2D eigenvalue weighted by atomic mass is 9.93. The highest BCUT2D eigenvalue weighted by Crippen LogP contribution is 2.24. The molecule has 0 N–H and O–H groups in total. The Kier molecular flexibility index (Phi) is 4.39. The summed E-state index contributed by atoms with van der Waals surface area (Å²) < 4.78 is 0. The van der Waals surface area contributed by atoms with E-state index in [1.165, 1.54) is 5.56 Å². The summed E-state index contributed by atoms with van der Waals surface area (Å²) >= 11 is 1.59. The summed E-state index contributed by atoms with van der Waals surface area (Å²) in [6, 6.07) is 8.14. The third-order valence-electron chi connectivity index (χ3n) is 3.19. The third-order valence-corrected chi connectivity index (χ3v) is 4.04. The van der Waals surface area contributed by atoms with Crippen LogP contribution in [-0.2, 0) is 23.1 Å². The van der Waals surface area contributed by atoms with E-state index in [1.54, 1.807) is 11.3 Å². The van der Waals surface area contributed by atoms with Crippen molar-refractivity contribution >= 4 is 17.1 Å². The zero-order chi connectivity index (χ0) is 14.8. The van der Waals surface area contributed by atoms with Gasteiger partial charge in [-0.2, -0.15) is 0 Å². The zero-order valence-electron chi connectivity index (χ0n) is 12.6. The topological polar surface area (TPSA) is 30.0 Å². The van der Waals surface area contributed by atoms with Gasteiger partial charge in [-0.3, -0.25) is 4.79 Å². The van der Waals surface area contributed by atoms with E-state index in [2.05, 4.69) is 38.1 Å². The highest BCUT2D eigenvalue weighted by Gasteiger charge is 2.18. The molecule has 0 aliphatic heterocycles. The monoisotopic (exact) mass is 287 g/mol. The van der Waals surface area contributed by atoms with Crippen molar-refractivity contribution in [1.29, 1.82) is 0 Å². The molecule has 1 aromatic carbocycles. The maximum Gasteiger partial charge on any atom is 0.144 e. The van der Waals surface area contributed by atoms with Crippen LogP contribution in [0.5, 0.6) is 0 Å². The van der Waals surface area contributed by atoms with Crippen LogP contribution in [-0.4, -0.2) is 10.8 Å². The summed E-state index contributed by atoms with van der Waals surface area (Å²) in [7, 11) is 0. The molecule has 0 aliphatic carbocycles. The highest BCUT2D eigenvalue weighted by atomic mass is 32.1. The van der Waals surface area contributed by atoms with Gasteiger partial charge in [-0.15, -0.1) is 11.3 Å². The molecule has 0 saturated carbocycles. The minimum atomic E-state index is 0.0504. The van der Waals surface area contributed by atoms with Gasteiger partial charge in [0.1, 0.15) is 10.8 Å². The zero-order valence-corrected chi connectivity index (χ0v) is 13.4. The maximum absolute atomic E-state index is 12.1. The van der Waals surface area contributed by atoms with Crippen molar-refractivity contribution in [2.45, 2.75) is 46.0 Å². The molecule has 0 saturated heterocycles. The van der Waals surface area contributed by atoms with Gasteiger partial charge in [0, 0.05) is 17.2 Å². The number of aryl methyl sites for hydroxylation is 1. The number of carbonyl (C=O) groups excluding carboxylic acids is 1. The molecule has 0 unspecified atom stereocenters. The number of thiazole rings is 1. The molecule has 2 rings (SSSR count). The van der Waals surface area contributed by atoms with Crippen LogP contribution in [0, 0.1) is 6.92 Å². The Morgan fingerprint density at radius 3 is 2.35 bits per heavy atom. The molecule has 0 spiro atoms. The summed E-state index contributed by atoms with van der Waals surface area (Å²) in [4.78, 5) is 16.7. The van der Waals surface area contributed by atoms with Crippen molar-refractivity contribution in [2.24, 2.45) is 0 Å². The van der Waals surface area contributed by atoms with Gasteiger partial charge in [-0.1, -0.05) is 50.6 Å². The maximum atomic E-state index is 12.1. The number of benzene rings is 1. The second-order valence-corrected chi connectivity index (χ2v) is 7.20. The molecule has 0 atom stereocenters. The van der Waals surface area contributed by atoms with Crippen molar-refractivity contribution in [2.75, 3.05) is 0 Å². The lowest BCUT2D eigenvalue weighted by Crippen LogP contribution is -2.12. The molecule has 2 aromatic rings. The Labute approximate surface area is 124 Å². The minimum Gasteiger partial charge on any atom is -0.299 e. The second kappa shape index (κ2) is 5.88. The molecule has 1 heterocycles. The predicted octanol–water partition coefficient (Wildman–Crippen LogP) is 4.10. The number of carbonyl (C=O) groups is 1. The van der Waals surface area contributed by atoms with E-state index in [-0.39, 0.29) is 11.2 Å². The summed E-state index contributed by atoms with van der Waals surface area (Å²) in [5, 5.41) is 2.99. The van der Waals surface area contributed by atoms with Crippen molar-refractivity contribution in [1.82, 2.24) is 4.98 Å². The van der Waals surface area contributed by atoms with Crippen LogP contribution in [0.15, 0.2) is 29.6 Å². The number of rotatable bonds is 4. The smallest absolute Gasteiger partial charge is 0.144 e. The molecular formula is C17H21NOS. The van der Waals surface area contributed by atoms with Gasteiger partial charge in [-0.05, 0) is 12.5 Å². The fourth-order valence-corrected chi connectivity index (χ4v) is 2.95. The van der Waals surface area contributed by atoms with Crippen LogP contribution in [0.25, 0.3) is 0 Å². The highest BCUT2D eigenvalue weighted by molar-refractivity contribution is 7.09. The van der Waals surface area contributed by atoms with Crippen molar-refractivity contribution in [3.8, 4) is 0 Å². The Bertz CT molecular complexity index is 590. The van der Waals surface area contributed by atoms with Crippen LogP contribution < -0.4 is 0 Å². The lowest BCUT2D eigenvalue weighted by Gasteiger charge is -2.14. The number of ketones is 1. The second-order valence-electron chi connectivity index (χ2n) is 6.25. The van der Waals surface area contributed by atoms with Crippen LogP contribution in [0.4, 0.5) is 0 Å². The molecule has 0 aliphatic rings. The predicted molar refractivity (Wildman–Crippen MR) is 84.4 cm³/mol. The molecule has 3 heteroatoms. The number of hydrogen-bond donors (Lipinski definition) is 0. The first-order valence-corrected chi connectivity index (χ1v) is 7.75. The molecule has 2 nitrogen and oxygen atoms in total. The number of nitrogens with zero attached hydrogens (tertiary/aromatic N) is 1. The fraction of sp³-hybridized carbons (Fsp3) is 0.412. The van der Waals surface area contributed by atoms with E-state index in [9.17, 15) is 4.79 Å².